The molecule has 0 radical (unpaired) electrons. The highest BCUT2D eigenvalue weighted by Gasteiger charge is 2.19. The first-order valence-electron chi connectivity index (χ1n) is 7.06. The van der Waals surface area contributed by atoms with Crippen molar-refractivity contribution in [2.75, 3.05) is 0 Å². The van der Waals surface area contributed by atoms with E-state index in [1.54, 1.807) is 0 Å². The van der Waals surface area contributed by atoms with Gasteiger partial charge in [-0.05, 0) is 48.2 Å². The van der Waals surface area contributed by atoms with Crippen LogP contribution in [0.15, 0.2) is 18.2 Å². The maximum absolute atomic E-state index is 9.06. The molecule has 2 rings (SSSR count). The third-order valence-electron chi connectivity index (χ3n) is 4.01. The molecule has 0 spiro atoms. The Hall–Kier alpha value is -1.60. The summed E-state index contributed by atoms with van der Waals surface area (Å²) in [6.45, 7) is 9.91. The Morgan fingerprint density at radius 1 is 1.25 bits per heavy atom. The molecule has 0 atom stereocenters. The first kappa shape index (κ1) is 14.8. The second-order valence-electron chi connectivity index (χ2n) is 6.04. The van der Waals surface area contributed by atoms with Crippen LogP contribution in [-0.4, -0.2) is 9.55 Å². The van der Waals surface area contributed by atoms with Gasteiger partial charge < -0.3 is 9.55 Å². The lowest BCUT2D eigenvalue weighted by molar-refractivity contribution is 0.253. The number of aromatic nitrogens is 2. The molecule has 20 heavy (non-hydrogen) atoms. The number of nitrogens with zero attached hydrogens (tertiary/aromatic N) is 2. The van der Waals surface area contributed by atoms with E-state index in [-0.39, 0.29) is 0 Å². The zero-order chi connectivity index (χ0) is 14.9. The summed E-state index contributed by atoms with van der Waals surface area (Å²) >= 11 is 5.45. The second kappa shape index (κ2) is 5.80. The average Bonchev–Trinajstić information content (AvgIpc) is 2.69. The predicted molar refractivity (Wildman–Crippen MR) is 85.0 cm³/mol. The Labute approximate surface area is 125 Å². The van der Waals surface area contributed by atoms with Crippen molar-refractivity contribution in [3.05, 3.63) is 28.5 Å². The van der Waals surface area contributed by atoms with Gasteiger partial charge in [-0.15, -0.1) is 0 Å². The molecule has 1 aromatic carbocycles. The molecule has 0 saturated carbocycles. The van der Waals surface area contributed by atoms with Gasteiger partial charge in [-0.3, -0.25) is 0 Å². The van der Waals surface area contributed by atoms with Crippen LogP contribution in [0.2, 0.25) is 0 Å². The highest BCUT2D eigenvalue weighted by Crippen LogP contribution is 2.25. The molecule has 0 unspecified atom stereocenters. The lowest BCUT2D eigenvalue weighted by Gasteiger charge is -2.25. The van der Waals surface area contributed by atoms with E-state index in [0.29, 0.717) is 23.3 Å². The third kappa shape index (κ3) is 2.78. The predicted octanol–water partition coefficient (Wildman–Crippen LogP) is 4.50. The van der Waals surface area contributed by atoms with Gasteiger partial charge in [0.15, 0.2) is 4.77 Å². The molecule has 4 heteroatoms. The van der Waals surface area contributed by atoms with Gasteiger partial charge in [-0.1, -0.05) is 27.7 Å². The topological polar surface area (TPSA) is 44.5 Å². The minimum absolute atomic E-state index is 0.562. The number of benzene rings is 1. The molecule has 0 aliphatic carbocycles. The Balaban J connectivity index is 2.51. The summed E-state index contributed by atoms with van der Waals surface area (Å²) in [6.07, 6.45) is 0. The normalized spacial score (nSPS) is 11.7. The fourth-order valence-corrected chi connectivity index (χ4v) is 3.09. The second-order valence-corrected chi connectivity index (χ2v) is 6.42. The maximum atomic E-state index is 9.06. The minimum Gasteiger partial charge on any atom is -0.331 e. The van der Waals surface area contributed by atoms with Crippen molar-refractivity contribution in [3.63, 3.8) is 0 Å². The summed E-state index contributed by atoms with van der Waals surface area (Å²) in [5, 5.41) is 9.06. The zero-order valence-electron chi connectivity index (χ0n) is 12.5. The highest BCUT2D eigenvalue weighted by molar-refractivity contribution is 7.71. The van der Waals surface area contributed by atoms with Crippen molar-refractivity contribution in [1.82, 2.24) is 9.55 Å². The Morgan fingerprint density at radius 3 is 2.45 bits per heavy atom. The van der Waals surface area contributed by atoms with Crippen LogP contribution in [0, 0.1) is 33.9 Å². The quantitative estimate of drug-likeness (QED) is 0.841. The molecule has 0 saturated heterocycles. The van der Waals surface area contributed by atoms with Crippen LogP contribution >= 0.6 is 12.2 Å². The number of rotatable bonds is 4. The fourth-order valence-electron chi connectivity index (χ4n) is 2.81. The number of hydrogen-bond acceptors (Lipinski definition) is 2. The summed E-state index contributed by atoms with van der Waals surface area (Å²) < 4.78 is 2.87. The van der Waals surface area contributed by atoms with E-state index in [9.17, 15) is 0 Å². The molecule has 0 bridgehead atoms. The Bertz CT molecular complexity index is 693. The largest absolute Gasteiger partial charge is 0.331 e. The van der Waals surface area contributed by atoms with Crippen LogP contribution < -0.4 is 0 Å². The monoisotopic (exact) mass is 287 g/mol. The minimum atomic E-state index is 0.562. The van der Waals surface area contributed by atoms with Crippen molar-refractivity contribution in [2.24, 2.45) is 17.8 Å². The number of nitrogens with one attached hydrogen (secondary N) is 1. The molecule has 0 aliphatic rings. The van der Waals surface area contributed by atoms with Gasteiger partial charge in [0.25, 0.3) is 0 Å². The van der Waals surface area contributed by atoms with Crippen LogP contribution in [0.25, 0.3) is 11.0 Å². The molecule has 3 nitrogen and oxygen atoms in total. The molecule has 1 aromatic heterocycles. The first-order chi connectivity index (χ1) is 9.43. The molecule has 106 valence electrons. The number of fused-ring (bicyclic) bond motifs is 1. The number of hydrogen-bond donors (Lipinski definition) is 1. The van der Waals surface area contributed by atoms with Crippen LogP contribution in [0.3, 0.4) is 0 Å². The Kier molecular flexibility index (Phi) is 4.29. The van der Waals surface area contributed by atoms with Crippen LogP contribution in [-0.2, 0) is 6.54 Å². The molecule has 0 aliphatic heterocycles. The van der Waals surface area contributed by atoms with Crippen molar-refractivity contribution in [3.8, 4) is 6.07 Å². The van der Waals surface area contributed by atoms with E-state index in [2.05, 4.69) is 43.3 Å². The maximum Gasteiger partial charge on any atom is 0.178 e. The molecule has 1 N–H and O–H groups in total. The summed E-state index contributed by atoms with van der Waals surface area (Å²) in [7, 11) is 0. The number of imidazole rings is 1. The van der Waals surface area contributed by atoms with Gasteiger partial charge in [0.2, 0.25) is 0 Å². The number of H-pyrrole nitrogens is 1. The van der Waals surface area contributed by atoms with Gasteiger partial charge >= 0.3 is 0 Å². The Morgan fingerprint density at radius 2 is 1.90 bits per heavy atom. The summed E-state index contributed by atoms with van der Waals surface area (Å²) in [4.78, 5) is 3.23. The fraction of sp³-hybridized carbons (Fsp3) is 0.500. The van der Waals surface area contributed by atoms with Gasteiger partial charge in [0.05, 0.1) is 22.7 Å². The summed E-state index contributed by atoms with van der Waals surface area (Å²) in [5.41, 5.74) is 2.70. The summed E-state index contributed by atoms with van der Waals surface area (Å²) in [6, 6.07) is 7.86. The standard InChI is InChI=1S/C16H21N3S/c1-10(2)13(11(3)4)9-19-15-7-12(8-17)5-6-14(15)18-16(19)20/h5-7,10-11,13H,9H2,1-4H3,(H,18,20). The van der Waals surface area contributed by atoms with Gasteiger partial charge in [-0.25, -0.2) is 0 Å². The van der Waals surface area contributed by atoms with Crippen molar-refractivity contribution >= 4 is 23.3 Å². The van der Waals surface area contributed by atoms with E-state index in [0.717, 1.165) is 22.3 Å². The molecule has 0 amide bonds. The van der Waals surface area contributed by atoms with Gasteiger partial charge in [-0.2, -0.15) is 5.26 Å². The molecule has 1 heterocycles. The van der Waals surface area contributed by atoms with Crippen LogP contribution in [0.1, 0.15) is 33.3 Å². The summed E-state index contributed by atoms with van der Waals surface area (Å²) in [5.74, 6) is 1.76. The van der Waals surface area contributed by atoms with Crippen molar-refractivity contribution in [1.29, 1.82) is 5.26 Å². The van der Waals surface area contributed by atoms with Crippen molar-refractivity contribution < 1.29 is 0 Å². The van der Waals surface area contributed by atoms with Gasteiger partial charge in [0.1, 0.15) is 0 Å². The zero-order valence-corrected chi connectivity index (χ0v) is 13.3. The first-order valence-corrected chi connectivity index (χ1v) is 7.47. The number of nitriles is 1. The van der Waals surface area contributed by atoms with E-state index < -0.39 is 0 Å². The van der Waals surface area contributed by atoms with Crippen LogP contribution in [0.4, 0.5) is 0 Å². The van der Waals surface area contributed by atoms with E-state index >= 15 is 0 Å². The van der Waals surface area contributed by atoms with Gasteiger partial charge in [0, 0.05) is 6.54 Å². The molecule has 0 fully saturated rings. The highest BCUT2D eigenvalue weighted by atomic mass is 32.1. The molecular formula is C16H21N3S. The molecule has 2 aromatic rings. The lowest BCUT2D eigenvalue weighted by Crippen LogP contribution is -2.21. The number of aromatic amines is 1. The third-order valence-corrected chi connectivity index (χ3v) is 4.33. The van der Waals surface area contributed by atoms with E-state index in [4.69, 9.17) is 17.5 Å². The van der Waals surface area contributed by atoms with Crippen LogP contribution in [0.5, 0.6) is 0 Å². The molecular weight excluding hydrogens is 266 g/mol. The lowest BCUT2D eigenvalue weighted by atomic mass is 9.85. The van der Waals surface area contributed by atoms with Crippen molar-refractivity contribution in [2.45, 2.75) is 34.2 Å². The van der Waals surface area contributed by atoms with E-state index in [1.807, 2.05) is 18.2 Å². The smallest absolute Gasteiger partial charge is 0.178 e. The SMILES string of the molecule is CC(C)C(Cn1c(=S)[nH]c2ccc(C#N)cc21)C(C)C. The van der Waals surface area contributed by atoms with E-state index in [1.165, 1.54) is 0 Å². The average molecular weight is 287 g/mol.